The molecule has 0 aliphatic carbocycles. The summed E-state index contributed by atoms with van der Waals surface area (Å²) >= 11 is 1.76. The standard InChI is InChI=1S/C14H29NO2S/c1-7-11(17)12(15-6)13(2,3)10-14(4,5)18-9-8-16/h12,15-16H,7-10H2,1-6H3. The van der Waals surface area contributed by atoms with Gasteiger partial charge in [0.05, 0.1) is 12.6 Å². The lowest BCUT2D eigenvalue weighted by atomic mass is 9.75. The van der Waals surface area contributed by atoms with E-state index in [0.717, 1.165) is 12.2 Å². The molecule has 0 radical (unpaired) electrons. The Balaban J connectivity index is 4.74. The van der Waals surface area contributed by atoms with Crippen LogP contribution >= 0.6 is 11.8 Å². The summed E-state index contributed by atoms with van der Waals surface area (Å²) in [5, 5.41) is 12.1. The summed E-state index contributed by atoms with van der Waals surface area (Å²) in [7, 11) is 1.86. The first-order chi connectivity index (χ1) is 8.20. The Kier molecular flexibility index (Phi) is 7.48. The molecule has 108 valence electrons. The normalized spacial score (nSPS) is 14.6. The molecule has 0 saturated carbocycles. The van der Waals surface area contributed by atoms with Gasteiger partial charge in [0.15, 0.2) is 0 Å². The molecule has 18 heavy (non-hydrogen) atoms. The zero-order valence-electron chi connectivity index (χ0n) is 12.7. The maximum Gasteiger partial charge on any atom is 0.150 e. The van der Waals surface area contributed by atoms with Crippen LogP contribution in [0, 0.1) is 5.41 Å². The number of carbonyl (C=O) groups excluding carboxylic acids is 1. The Hall–Kier alpha value is -0.0600. The van der Waals surface area contributed by atoms with Gasteiger partial charge in [-0.05, 0) is 18.9 Å². The molecule has 0 aliphatic heterocycles. The fourth-order valence-corrected chi connectivity index (χ4v) is 3.88. The molecule has 1 atom stereocenters. The van der Waals surface area contributed by atoms with E-state index in [-0.39, 0.29) is 28.6 Å². The molecular weight excluding hydrogens is 246 g/mol. The summed E-state index contributed by atoms with van der Waals surface area (Å²) < 4.78 is 0.0648. The zero-order chi connectivity index (χ0) is 14.4. The summed E-state index contributed by atoms with van der Waals surface area (Å²) in [6, 6.07) is -0.100. The molecule has 0 aromatic carbocycles. The second-order valence-electron chi connectivity index (χ2n) is 6.04. The number of nitrogens with one attached hydrogen (secondary N) is 1. The van der Waals surface area contributed by atoms with Gasteiger partial charge < -0.3 is 10.4 Å². The quantitative estimate of drug-likeness (QED) is 0.679. The molecule has 4 heteroatoms. The molecule has 0 spiro atoms. The van der Waals surface area contributed by atoms with Crippen molar-refractivity contribution >= 4 is 17.5 Å². The number of aliphatic hydroxyl groups excluding tert-OH is 1. The molecule has 0 bridgehead atoms. The van der Waals surface area contributed by atoms with Crippen molar-refractivity contribution in [3.05, 3.63) is 0 Å². The highest BCUT2D eigenvalue weighted by Gasteiger charge is 2.37. The van der Waals surface area contributed by atoms with Gasteiger partial charge in [-0.15, -0.1) is 0 Å². The third-order valence-electron chi connectivity index (χ3n) is 3.21. The second kappa shape index (κ2) is 7.51. The minimum Gasteiger partial charge on any atom is -0.396 e. The van der Waals surface area contributed by atoms with E-state index in [0.29, 0.717) is 6.42 Å². The first kappa shape index (κ1) is 17.9. The molecule has 0 rings (SSSR count). The largest absolute Gasteiger partial charge is 0.396 e. The summed E-state index contributed by atoms with van der Waals surface area (Å²) in [6.45, 7) is 10.8. The first-order valence-corrected chi connectivity index (χ1v) is 7.63. The molecule has 0 fully saturated rings. The van der Waals surface area contributed by atoms with Gasteiger partial charge in [-0.2, -0.15) is 11.8 Å². The number of thioether (sulfide) groups is 1. The minimum absolute atomic E-state index is 0.0648. The second-order valence-corrected chi connectivity index (χ2v) is 7.84. The van der Waals surface area contributed by atoms with Crippen LogP contribution in [0.3, 0.4) is 0 Å². The van der Waals surface area contributed by atoms with E-state index in [2.05, 4.69) is 33.0 Å². The highest BCUT2D eigenvalue weighted by atomic mass is 32.2. The van der Waals surface area contributed by atoms with Crippen LogP contribution in [0.5, 0.6) is 0 Å². The average molecular weight is 275 g/mol. The van der Waals surface area contributed by atoms with Gasteiger partial charge in [0.1, 0.15) is 5.78 Å². The SMILES string of the molecule is CCC(=O)C(NC)C(C)(C)CC(C)(C)SCCO. The van der Waals surface area contributed by atoms with E-state index in [1.54, 1.807) is 11.8 Å². The molecule has 0 heterocycles. The van der Waals surface area contributed by atoms with Crippen molar-refractivity contribution in [1.29, 1.82) is 0 Å². The van der Waals surface area contributed by atoms with Crippen LogP contribution in [0.15, 0.2) is 0 Å². The highest BCUT2D eigenvalue weighted by Crippen LogP contribution is 2.39. The summed E-state index contributed by atoms with van der Waals surface area (Å²) in [6.07, 6.45) is 1.50. The summed E-state index contributed by atoms with van der Waals surface area (Å²) in [5.41, 5.74) is -0.0895. The van der Waals surface area contributed by atoms with E-state index in [9.17, 15) is 4.79 Å². The van der Waals surface area contributed by atoms with Crippen molar-refractivity contribution in [2.45, 2.75) is 58.2 Å². The van der Waals surface area contributed by atoms with Gasteiger partial charge in [-0.25, -0.2) is 0 Å². The monoisotopic (exact) mass is 275 g/mol. The van der Waals surface area contributed by atoms with Crippen LogP contribution in [-0.2, 0) is 4.79 Å². The van der Waals surface area contributed by atoms with Crippen LogP contribution in [0.1, 0.15) is 47.5 Å². The third-order valence-corrected chi connectivity index (χ3v) is 4.52. The number of Topliss-reactive ketones (excluding diaryl/α,β-unsaturated/α-hetero) is 1. The van der Waals surface area contributed by atoms with Crippen molar-refractivity contribution in [2.24, 2.45) is 5.41 Å². The van der Waals surface area contributed by atoms with Crippen LogP contribution < -0.4 is 5.32 Å². The summed E-state index contributed by atoms with van der Waals surface area (Å²) in [4.78, 5) is 12.0. The fourth-order valence-electron chi connectivity index (χ4n) is 2.76. The Bertz CT molecular complexity index is 265. The van der Waals surface area contributed by atoms with Crippen molar-refractivity contribution in [2.75, 3.05) is 19.4 Å². The zero-order valence-corrected chi connectivity index (χ0v) is 13.5. The lowest BCUT2D eigenvalue weighted by Crippen LogP contribution is -2.48. The molecule has 0 aromatic rings. The lowest BCUT2D eigenvalue weighted by Gasteiger charge is -2.39. The van der Waals surface area contributed by atoms with Crippen molar-refractivity contribution in [3.8, 4) is 0 Å². The van der Waals surface area contributed by atoms with Crippen LogP contribution in [0.25, 0.3) is 0 Å². The number of aliphatic hydroxyl groups is 1. The molecule has 3 nitrogen and oxygen atoms in total. The van der Waals surface area contributed by atoms with E-state index >= 15 is 0 Å². The minimum atomic E-state index is -0.100. The lowest BCUT2D eigenvalue weighted by molar-refractivity contribution is -0.123. The predicted octanol–water partition coefficient (Wildman–Crippen LogP) is 2.47. The summed E-state index contributed by atoms with van der Waals surface area (Å²) in [5.74, 6) is 1.01. The number of ketones is 1. The van der Waals surface area contributed by atoms with Gasteiger partial charge >= 0.3 is 0 Å². The molecule has 0 saturated heterocycles. The Morgan fingerprint density at radius 3 is 2.28 bits per heavy atom. The third kappa shape index (κ3) is 5.72. The molecule has 1 unspecified atom stereocenters. The topological polar surface area (TPSA) is 49.3 Å². The maximum atomic E-state index is 12.0. The average Bonchev–Trinajstić information content (AvgIpc) is 2.25. The smallest absolute Gasteiger partial charge is 0.150 e. The molecule has 0 aliphatic rings. The van der Waals surface area contributed by atoms with Gasteiger partial charge in [-0.3, -0.25) is 4.79 Å². The van der Waals surface area contributed by atoms with E-state index in [1.165, 1.54) is 0 Å². The van der Waals surface area contributed by atoms with Crippen LogP contribution in [0.2, 0.25) is 0 Å². The maximum absolute atomic E-state index is 12.0. The van der Waals surface area contributed by atoms with E-state index < -0.39 is 0 Å². The Morgan fingerprint density at radius 1 is 1.33 bits per heavy atom. The van der Waals surface area contributed by atoms with E-state index in [4.69, 9.17) is 5.11 Å². The number of likely N-dealkylation sites (N-methyl/N-ethyl adjacent to an activating group) is 1. The molecule has 2 N–H and O–H groups in total. The van der Waals surface area contributed by atoms with Gasteiger partial charge in [0, 0.05) is 16.9 Å². The van der Waals surface area contributed by atoms with Crippen LogP contribution in [0.4, 0.5) is 0 Å². The van der Waals surface area contributed by atoms with Gasteiger partial charge in [0.25, 0.3) is 0 Å². The molecule has 0 aromatic heterocycles. The predicted molar refractivity (Wildman–Crippen MR) is 80.2 cm³/mol. The van der Waals surface area contributed by atoms with Gasteiger partial charge in [-0.1, -0.05) is 34.6 Å². The highest BCUT2D eigenvalue weighted by molar-refractivity contribution is 8.00. The Morgan fingerprint density at radius 2 is 1.89 bits per heavy atom. The van der Waals surface area contributed by atoms with Crippen molar-refractivity contribution in [3.63, 3.8) is 0 Å². The number of hydrogen-bond donors (Lipinski definition) is 2. The van der Waals surface area contributed by atoms with Gasteiger partial charge in [0.2, 0.25) is 0 Å². The Labute approximate surface area is 116 Å². The number of carbonyl (C=O) groups is 1. The fraction of sp³-hybridized carbons (Fsp3) is 0.929. The van der Waals surface area contributed by atoms with E-state index in [1.807, 2.05) is 14.0 Å². The number of rotatable bonds is 9. The van der Waals surface area contributed by atoms with Crippen molar-refractivity contribution < 1.29 is 9.90 Å². The molecule has 0 amide bonds. The molecular formula is C14H29NO2S. The number of hydrogen-bond acceptors (Lipinski definition) is 4. The first-order valence-electron chi connectivity index (χ1n) is 6.65. The van der Waals surface area contributed by atoms with Crippen molar-refractivity contribution in [1.82, 2.24) is 5.32 Å². The van der Waals surface area contributed by atoms with Crippen LogP contribution in [-0.4, -0.2) is 41.1 Å².